The van der Waals surface area contributed by atoms with Gasteiger partial charge in [0.25, 0.3) is 0 Å². The molecule has 0 saturated heterocycles. The molecular weight excluding hydrogens is 238 g/mol. The van der Waals surface area contributed by atoms with Crippen molar-refractivity contribution in [2.24, 2.45) is 0 Å². The molecule has 0 aliphatic heterocycles. The summed E-state index contributed by atoms with van der Waals surface area (Å²) >= 11 is 0. The molecule has 94 valence electrons. The van der Waals surface area contributed by atoms with Gasteiger partial charge >= 0.3 is 0 Å². The first-order chi connectivity index (χ1) is 8.54. The molecule has 0 unspecified atom stereocenters. The maximum atomic E-state index is 13.6. The van der Waals surface area contributed by atoms with Gasteiger partial charge in [-0.3, -0.25) is 0 Å². The molecule has 0 saturated carbocycles. The highest BCUT2D eigenvalue weighted by Gasteiger charge is 2.17. The summed E-state index contributed by atoms with van der Waals surface area (Å²) in [7, 11) is 1.33. The standard InChI is InChI=1S/C13H12F2N2O/c1-7-6-16-17-12(8(7)2)10-4-9(14)5-11(15)13(10)18-3/h4-6H,1-3H3. The fourth-order valence-electron chi connectivity index (χ4n) is 1.73. The Morgan fingerprint density at radius 3 is 2.56 bits per heavy atom. The van der Waals surface area contributed by atoms with Gasteiger partial charge in [-0.25, -0.2) is 8.78 Å². The fraction of sp³-hybridized carbons (Fsp3) is 0.231. The Labute approximate surface area is 103 Å². The van der Waals surface area contributed by atoms with Crippen molar-refractivity contribution >= 4 is 0 Å². The predicted octanol–water partition coefficient (Wildman–Crippen LogP) is 3.05. The van der Waals surface area contributed by atoms with Gasteiger partial charge in [0, 0.05) is 6.07 Å². The minimum atomic E-state index is -0.754. The molecule has 3 nitrogen and oxygen atoms in total. The molecule has 0 amide bonds. The molecule has 2 rings (SSSR count). The third-order valence-electron chi connectivity index (χ3n) is 2.82. The van der Waals surface area contributed by atoms with E-state index in [1.54, 1.807) is 6.20 Å². The summed E-state index contributed by atoms with van der Waals surface area (Å²) < 4.78 is 31.9. The summed E-state index contributed by atoms with van der Waals surface area (Å²) in [6.07, 6.45) is 1.60. The summed E-state index contributed by atoms with van der Waals surface area (Å²) in [5.41, 5.74) is 2.40. The molecule has 0 N–H and O–H groups in total. The molecule has 2 aromatic rings. The summed E-state index contributed by atoms with van der Waals surface area (Å²) in [6, 6.07) is 1.97. The van der Waals surface area contributed by atoms with E-state index >= 15 is 0 Å². The van der Waals surface area contributed by atoms with Crippen molar-refractivity contribution in [1.82, 2.24) is 10.2 Å². The van der Waals surface area contributed by atoms with Crippen molar-refractivity contribution in [3.05, 3.63) is 41.1 Å². The third kappa shape index (κ3) is 2.03. The predicted molar refractivity (Wildman–Crippen MR) is 63.4 cm³/mol. The molecule has 0 aliphatic carbocycles. The van der Waals surface area contributed by atoms with Crippen molar-refractivity contribution in [3.63, 3.8) is 0 Å². The van der Waals surface area contributed by atoms with Gasteiger partial charge in [-0.05, 0) is 31.0 Å². The van der Waals surface area contributed by atoms with Crippen LogP contribution in [-0.4, -0.2) is 17.3 Å². The van der Waals surface area contributed by atoms with E-state index in [1.807, 2.05) is 13.8 Å². The van der Waals surface area contributed by atoms with E-state index < -0.39 is 11.6 Å². The first-order valence-electron chi connectivity index (χ1n) is 5.37. The van der Waals surface area contributed by atoms with Gasteiger partial charge in [0.05, 0.1) is 18.9 Å². The maximum absolute atomic E-state index is 13.6. The van der Waals surface area contributed by atoms with Gasteiger partial charge < -0.3 is 4.74 Å². The Bertz CT molecular complexity index is 600. The average molecular weight is 250 g/mol. The average Bonchev–Trinajstić information content (AvgIpc) is 2.32. The van der Waals surface area contributed by atoms with Crippen LogP contribution < -0.4 is 4.74 Å². The number of halogens is 2. The third-order valence-corrected chi connectivity index (χ3v) is 2.82. The van der Waals surface area contributed by atoms with Gasteiger partial charge in [0.1, 0.15) is 11.5 Å². The van der Waals surface area contributed by atoms with Crippen LogP contribution in [0.1, 0.15) is 11.1 Å². The zero-order valence-electron chi connectivity index (χ0n) is 10.3. The van der Waals surface area contributed by atoms with Gasteiger partial charge in [-0.2, -0.15) is 10.2 Å². The lowest BCUT2D eigenvalue weighted by Crippen LogP contribution is -1.99. The highest BCUT2D eigenvalue weighted by Crippen LogP contribution is 2.34. The zero-order valence-corrected chi connectivity index (χ0v) is 10.3. The second kappa shape index (κ2) is 4.68. The minimum Gasteiger partial charge on any atom is -0.493 e. The number of hydrogen-bond acceptors (Lipinski definition) is 3. The smallest absolute Gasteiger partial charge is 0.168 e. The molecule has 0 spiro atoms. The highest BCUT2D eigenvalue weighted by molar-refractivity contribution is 5.70. The van der Waals surface area contributed by atoms with Gasteiger partial charge in [-0.1, -0.05) is 0 Å². The maximum Gasteiger partial charge on any atom is 0.168 e. The Hall–Kier alpha value is -2.04. The summed E-state index contributed by atoms with van der Waals surface area (Å²) in [4.78, 5) is 0. The van der Waals surface area contributed by atoms with Crippen LogP contribution in [-0.2, 0) is 0 Å². The molecule has 0 bridgehead atoms. The normalized spacial score (nSPS) is 10.5. The molecule has 5 heteroatoms. The number of benzene rings is 1. The van der Waals surface area contributed by atoms with Crippen molar-refractivity contribution in [2.75, 3.05) is 7.11 Å². The van der Waals surface area contributed by atoms with E-state index in [4.69, 9.17) is 4.74 Å². The van der Waals surface area contributed by atoms with Crippen LogP contribution in [0.5, 0.6) is 5.75 Å². The van der Waals surface area contributed by atoms with Crippen LogP contribution in [0.15, 0.2) is 18.3 Å². The second-order valence-corrected chi connectivity index (χ2v) is 3.97. The van der Waals surface area contributed by atoms with E-state index in [2.05, 4.69) is 10.2 Å². The van der Waals surface area contributed by atoms with Gasteiger partial charge in [-0.15, -0.1) is 0 Å². The molecule has 0 aliphatic rings. The molecular formula is C13H12F2N2O. The number of nitrogens with zero attached hydrogens (tertiary/aromatic N) is 2. The SMILES string of the molecule is COc1c(F)cc(F)cc1-c1nncc(C)c1C. The van der Waals surface area contributed by atoms with Crippen LogP contribution in [0.4, 0.5) is 8.78 Å². The van der Waals surface area contributed by atoms with Gasteiger partial charge in [0.2, 0.25) is 0 Å². The summed E-state index contributed by atoms with van der Waals surface area (Å²) in [5, 5.41) is 7.74. The fourth-order valence-corrected chi connectivity index (χ4v) is 1.73. The molecule has 1 aromatic carbocycles. The zero-order chi connectivity index (χ0) is 13.3. The van der Waals surface area contributed by atoms with Crippen LogP contribution >= 0.6 is 0 Å². The molecule has 1 heterocycles. The Morgan fingerprint density at radius 2 is 1.89 bits per heavy atom. The first kappa shape index (κ1) is 12.4. The lowest BCUT2D eigenvalue weighted by molar-refractivity contribution is 0.385. The number of aryl methyl sites for hydroxylation is 1. The highest BCUT2D eigenvalue weighted by atomic mass is 19.1. The van der Waals surface area contributed by atoms with Crippen LogP contribution in [0.3, 0.4) is 0 Å². The van der Waals surface area contributed by atoms with Crippen molar-refractivity contribution in [3.8, 4) is 17.0 Å². The molecule has 0 radical (unpaired) electrons. The topological polar surface area (TPSA) is 35.0 Å². The lowest BCUT2D eigenvalue weighted by atomic mass is 10.0. The lowest BCUT2D eigenvalue weighted by Gasteiger charge is -2.11. The number of methoxy groups -OCH3 is 1. The molecule has 18 heavy (non-hydrogen) atoms. The molecule has 1 aromatic heterocycles. The molecule has 0 fully saturated rings. The first-order valence-corrected chi connectivity index (χ1v) is 5.37. The number of rotatable bonds is 2. The Kier molecular flexibility index (Phi) is 3.23. The van der Waals surface area contributed by atoms with E-state index in [1.165, 1.54) is 13.2 Å². The van der Waals surface area contributed by atoms with Gasteiger partial charge in [0.15, 0.2) is 11.6 Å². The quantitative estimate of drug-likeness (QED) is 0.821. The largest absolute Gasteiger partial charge is 0.493 e. The minimum absolute atomic E-state index is 0.0283. The molecule has 0 atom stereocenters. The van der Waals surface area contributed by atoms with Crippen molar-refractivity contribution < 1.29 is 13.5 Å². The van der Waals surface area contributed by atoms with E-state index in [9.17, 15) is 8.78 Å². The van der Waals surface area contributed by atoms with E-state index in [0.717, 1.165) is 17.2 Å². The van der Waals surface area contributed by atoms with Crippen LogP contribution in [0.2, 0.25) is 0 Å². The van der Waals surface area contributed by atoms with Crippen molar-refractivity contribution in [2.45, 2.75) is 13.8 Å². The summed E-state index contributed by atoms with van der Waals surface area (Å²) in [6.45, 7) is 3.68. The van der Waals surface area contributed by atoms with Crippen LogP contribution in [0.25, 0.3) is 11.3 Å². The van der Waals surface area contributed by atoms with Crippen LogP contribution in [0, 0.1) is 25.5 Å². The summed E-state index contributed by atoms with van der Waals surface area (Å²) in [5.74, 6) is -1.46. The number of ether oxygens (including phenoxy) is 1. The Balaban J connectivity index is 2.74. The monoisotopic (exact) mass is 250 g/mol. The number of hydrogen-bond donors (Lipinski definition) is 0. The van der Waals surface area contributed by atoms with E-state index in [0.29, 0.717) is 5.69 Å². The number of aromatic nitrogens is 2. The van der Waals surface area contributed by atoms with Crippen molar-refractivity contribution in [1.29, 1.82) is 0 Å². The Morgan fingerprint density at radius 1 is 1.17 bits per heavy atom. The van der Waals surface area contributed by atoms with E-state index in [-0.39, 0.29) is 11.3 Å². The second-order valence-electron chi connectivity index (χ2n) is 3.97.